The zero-order chi connectivity index (χ0) is 18.4. The second-order valence-corrected chi connectivity index (χ2v) is 7.96. The van der Waals surface area contributed by atoms with E-state index in [9.17, 15) is 4.79 Å². The summed E-state index contributed by atoms with van der Waals surface area (Å²) in [6.07, 6.45) is 7.75. The highest BCUT2D eigenvalue weighted by Gasteiger charge is 2.34. The number of ether oxygens (including phenoxy) is 1. The number of hydrogen-bond acceptors (Lipinski definition) is 5. The monoisotopic (exact) mass is 364 g/mol. The van der Waals surface area contributed by atoms with Crippen LogP contribution >= 0.6 is 0 Å². The molecule has 2 fully saturated rings. The smallest absolute Gasteiger partial charge is 0.318 e. The van der Waals surface area contributed by atoms with E-state index in [1.807, 2.05) is 4.90 Å². The van der Waals surface area contributed by atoms with Crippen molar-refractivity contribution in [3.8, 4) is 0 Å². The van der Waals surface area contributed by atoms with Crippen molar-refractivity contribution in [2.45, 2.75) is 64.8 Å². The zero-order valence-electron chi connectivity index (χ0n) is 16.1. The van der Waals surface area contributed by atoms with E-state index in [1.54, 1.807) is 0 Å². The van der Waals surface area contributed by atoms with Crippen LogP contribution in [0.2, 0.25) is 0 Å². The molecule has 1 aliphatic heterocycles. The van der Waals surface area contributed by atoms with Gasteiger partial charge in [0.2, 0.25) is 5.89 Å². The van der Waals surface area contributed by atoms with Crippen LogP contribution in [0, 0.1) is 11.8 Å². The van der Waals surface area contributed by atoms with Crippen molar-refractivity contribution in [1.29, 1.82) is 0 Å². The second-order valence-electron chi connectivity index (χ2n) is 7.96. The molecule has 0 spiro atoms. The Morgan fingerprint density at radius 1 is 1.31 bits per heavy atom. The molecular weight excluding hydrogens is 332 g/mol. The Morgan fingerprint density at radius 2 is 2.12 bits per heavy atom. The van der Waals surface area contributed by atoms with Crippen LogP contribution in [-0.4, -0.2) is 47.4 Å². The largest absolute Gasteiger partial charge is 0.381 e. The summed E-state index contributed by atoms with van der Waals surface area (Å²) < 4.78 is 11.2. The van der Waals surface area contributed by atoms with Crippen molar-refractivity contribution in [2.24, 2.45) is 11.8 Å². The molecule has 0 aromatic carbocycles. The predicted octanol–water partition coefficient (Wildman–Crippen LogP) is 3.32. The van der Waals surface area contributed by atoms with Gasteiger partial charge in [-0.05, 0) is 37.5 Å². The highest BCUT2D eigenvalue weighted by Crippen LogP contribution is 2.31. The van der Waals surface area contributed by atoms with Crippen molar-refractivity contribution in [1.82, 2.24) is 20.4 Å². The minimum absolute atomic E-state index is 0.0409. The van der Waals surface area contributed by atoms with Crippen molar-refractivity contribution in [2.75, 3.05) is 26.3 Å². The number of hydrogen-bond donors (Lipinski definition) is 1. The number of carbonyl (C=O) groups is 1. The van der Waals surface area contributed by atoms with Crippen LogP contribution in [-0.2, 0) is 11.2 Å². The SMILES string of the molecule is CC(C)CNC(=O)N1CCCC1c1nc(CCOCC2CCCC2)no1. The summed E-state index contributed by atoms with van der Waals surface area (Å²) in [5.41, 5.74) is 0. The van der Waals surface area contributed by atoms with E-state index in [0.717, 1.165) is 31.9 Å². The summed E-state index contributed by atoms with van der Waals surface area (Å²) in [5.74, 6) is 2.38. The molecule has 1 N–H and O–H groups in total. The molecule has 2 aliphatic rings. The maximum Gasteiger partial charge on any atom is 0.318 e. The van der Waals surface area contributed by atoms with Crippen LogP contribution in [0.1, 0.15) is 70.1 Å². The molecule has 1 aromatic rings. The normalized spacial score (nSPS) is 21.0. The molecule has 1 saturated carbocycles. The summed E-state index contributed by atoms with van der Waals surface area (Å²) in [4.78, 5) is 18.7. The second kappa shape index (κ2) is 9.35. The van der Waals surface area contributed by atoms with Crippen molar-refractivity contribution >= 4 is 6.03 Å². The summed E-state index contributed by atoms with van der Waals surface area (Å²) in [6.45, 7) is 7.05. The Hall–Kier alpha value is -1.63. The van der Waals surface area contributed by atoms with Gasteiger partial charge in [0.1, 0.15) is 6.04 Å². The van der Waals surface area contributed by atoms with Crippen LogP contribution in [0.3, 0.4) is 0 Å². The van der Waals surface area contributed by atoms with Crippen molar-refractivity contribution in [3.05, 3.63) is 11.7 Å². The third kappa shape index (κ3) is 5.19. The fourth-order valence-electron chi connectivity index (χ4n) is 3.75. The highest BCUT2D eigenvalue weighted by molar-refractivity contribution is 5.74. The molecular formula is C19H32N4O3. The number of urea groups is 1. The molecule has 26 heavy (non-hydrogen) atoms. The molecule has 0 bridgehead atoms. The van der Waals surface area contributed by atoms with Crippen molar-refractivity contribution < 1.29 is 14.1 Å². The van der Waals surface area contributed by atoms with Gasteiger partial charge in [-0.1, -0.05) is 31.8 Å². The molecule has 1 atom stereocenters. The number of nitrogens with one attached hydrogen (secondary N) is 1. The molecule has 1 aliphatic carbocycles. The number of aromatic nitrogens is 2. The first-order chi connectivity index (χ1) is 12.6. The maximum atomic E-state index is 12.4. The average molecular weight is 364 g/mol. The Labute approximate surface area is 155 Å². The fourth-order valence-corrected chi connectivity index (χ4v) is 3.75. The van der Waals surface area contributed by atoms with Crippen LogP contribution in [0.5, 0.6) is 0 Å². The van der Waals surface area contributed by atoms with Crippen LogP contribution < -0.4 is 5.32 Å². The lowest BCUT2D eigenvalue weighted by Gasteiger charge is -2.22. The third-order valence-electron chi connectivity index (χ3n) is 5.24. The lowest BCUT2D eigenvalue weighted by Crippen LogP contribution is -2.41. The lowest BCUT2D eigenvalue weighted by molar-refractivity contribution is 0.102. The van der Waals surface area contributed by atoms with E-state index in [2.05, 4.69) is 29.3 Å². The molecule has 1 aromatic heterocycles. The minimum atomic E-state index is -0.109. The Morgan fingerprint density at radius 3 is 2.88 bits per heavy atom. The summed E-state index contributed by atoms with van der Waals surface area (Å²) in [6, 6.07) is -0.149. The van der Waals surface area contributed by atoms with E-state index in [0.29, 0.717) is 37.2 Å². The zero-order valence-corrected chi connectivity index (χ0v) is 16.1. The molecule has 1 saturated heterocycles. The van der Waals surface area contributed by atoms with Crippen LogP contribution in [0.25, 0.3) is 0 Å². The summed E-state index contributed by atoms with van der Waals surface area (Å²) >= 11 is 0. The molecule has 146 valence electrons. The predicted molar refractivity (Wildman–Crippen MR) is 97.7 cm³/mol. The molecule has 0 radical (unpaired) electrons. The quantitative estimate of drug-likeness (QED) is 0.716. The van der Waals surface area contributed by atoms with Gasteiger partial charge in [-0.15, -0.1) is 0 Å². The van der Waals surface area contributed by atoms with E-state index >= 15 is 0 Å². The molecule has 2 heterocycles. The number of amides is 2. The molecule has 7 nitrogen and oxygen atoms in total. The van der Waals surface area contributed by atoms with Gasteiger partial charge >= 0.3 is 6.03 Å². The molecule has 3 rings (SSSR count). The summed E-state index contributed by atoms with van der Waals surface area (Å²) in [7, 11) is 0. The van der Waals surface area contributed by atoms with Gasteiger partial charge in [0.25, 0.3) is 0 Å². The fraction of sp³-hybridized carbons (Fsp3) is 0.842. The van der Waals surface area contributed by atoms with E-state index in [4.69, 9.17) is 9.26 Å². The number of carbonyl (C=O) groups excluding carboxylic acids is 1. The van der Waals surface area contributed by atoms with Gasteiger partial charge in [0.05, 0.1) is 6.61 Å². The standard InChI is InChI=1S/C19H32N4O3/c1-14(2)12-20-19(24)23-10-5-8-16(23)18-21-17(22-26-18)9-11-25-13-15-6-3-4-7-15/h14-16H,3-13H2,1-2H3,(H,20,24). The Kier molecular flexibility index (Phi) is 6.88. The number of likely N-dealkylation sites (tertiary alicyclic amines) is 1. The van der Waals surface area contributed by atoms with E-state index in [-0.39, 0.29) is 12.1 Å². The van der Waals surface area contributed by atoms with Gasteiger partial charge in [-0.3, -0.25) is 0 Å². The Bertz CT molecular complexity index is 569. The lowest BCUT2D eigenvalue weighted by atomic mass is 10.1. The number of rotatable bonds is 8. The minimum Gasteiger partial charge on any atom is -0.381 e. The first-order valence-corrected chi connectivity index (χ1v) is 10.1. The van der Waals surface area contributed by atoms with E-state index in [1.165, 1.54) is 25.7 Å². The number of nitrogens with zero attached hydrogens (tertiary/aromatic N) is 3. The van der Waals surface area contributed by atoms with E-state index < -0.39 is 0 Å². The summed E-state index contributed by atoms with van der Waals surface area (Å²) in [5, 5.41) is 7.05. The van der Waals surface area contributed by atoms with Gasteiger partial charge < -0.3 is 19.5 Å². The Balaban J connectivity index is 1.45. The highest BCUT2D eigenvalue weighted by atomic mass is 16.5. The first-order valence-electron chi connectivity index (χ1n) is 10.1. The van der Waals surface area contributed by atoms with Gasteiger partial charge in [0, 0.05) is 26.1 Å². The molecule has 7 heteroatoms. The van der Waals surface area contributed by atoms with Crippen LogP contribution in [0.4, 0.5) is 4.79 Å². The van der Waals surface area contributed by atoms with Crippen molar-refractivity contribution in [3.63, 3.8) is 0 Å². The van der Waals surface area contributed by atoms with Crippen LogP contribution in [0.15, 0.2) is 4.52 Å². The molecule has 1 unspecified atom stereocenters. The van der Waals surface area contributed by atoms with Gasteiger partial charge in [0.15, 0.2) is 5.82 Å². The first kappa shape index (κ1) is 19.1. The topological polar surface area (TPSA) is 80.5 Å². The molecule has 2 amide bonds. The average Bonchev–Trinajstić information content (AvgIpc) is 3.37. The third-order valence-corrected chi connectivity index (χ3v) is 5.24. The van der Waals surface area contributed by atoms with Gasteiger partial charge in [-0.25, -0.2) is 4.79 Å². The maximum absolute atomic E-state index is 12.4. The van der Waals surface area contributed by atoms with Gasteiger partial charge in [-0.2, -0.15) is 4.98 Å².